The van der Waals surface area contributed by atoms with E-state index in [1.54, 1.807) is 0 Å². The van der Waals surface area contributed by atoms with Crippen LogP contribution in [0.25, 0.3) is 0 Å². The Hall–Kier alpha value is -1.06. The highest BCUT2D eigenvalue weighted by Gasteiger charge is 2.22. The first-order chi connectivity index (χ1) is 9.04. The van der Waals surface area contributed by atoms with Gasteiger partial charge in [-0.3, -0.25) is 4.90 Å². The Labute approximate surface area is 116 Å². The number of likely N-dealkylation sites (tertiary alicyclic amines) is 1. The van der Waals surface area contributed by atoms with Gasteiger partial charge < -0.3 is 10.5 Å². The van der Waals surface area contributed by atoms with E-state index in [4.69, 9.17) is 10.5 Å². The first-order valence-corrected chi connectivity index (χ1v) is 7.30. The molecule has 106 valence electrons. The van der Waals surface area contributed by atoms with E-state index in [0.717, 1.165) is 31.7 Å². The molecule has 1 aliphatic rings. The summed E-state index contributed by atoms with van der Waals surface area (Å²) in [6.07, 6.45) is 2.43. The lowest BCUT2D eigenvalue weighted by atomic mass is 9.98. The number of nitrogens with zero attached hydrogens (tertiary/aromatic N) is 1. The summed E-state index contributed by atoms with van der Waals surface area (Å²) in [6.45, 7) is 8.47. The van der Waals surface area contributed by atoms with Gasteiger partial charge in [0, 0.05) is 25.2 Å². The van der Waals surface area contributed by atoms with Crippen molar-refractivity contribution in [3.63, 3.8) is 0 Å². The van der Waals surface area contributed by atoms with Gasteiger partial charge in [0.1, 0.15) is 5.75 Å². The average molecular weight is 262 g/mol. The van der Waals surface area contributed by atoms with Crippen molar-refractivity contribution in [2.75, 3.05) is 6.54 Å². The van der Waals surface area contributed by atoms with Gasteiger partial charge >= 0.3 is 0 Å². The molecule has 1 aromatic rings. The third-order valence-corrected chi connectivity index (χ3v) is 3.71. The Kier molecular flexibility index (Phi) is 4.83. The maximum Gasteiger partial charge on any atom is 0.120 e. The van der Waals surface area contributed by atoms with Gasteiger partial charge in [-0.1, -0.05) is 12.1 Å². The molecule has 1 heterocycles. The molecule has 1 aliphatic heterocycles. The molecular formula is C16H26N2O. The number of hydrogen-bond acceptors (Lipinski definition) is 3. The van der Waals surface area contributed by atoms with Crippen LogP contribution < -0.4 is 10.5 Å². The molecule has 1 saturated heterocycles. The first-order valence-electron chi connectivity index (χ1n) is 7.30. The van der Waals surface area contributed by atoms with Crippen molar-refractivity contribution in [2.24, 2.45) is 5.73 Å². The summed E-state index contributed by atoms with van der Waals surface area (Å²) in [5.74, 6) is 0.967. The number of ether oxygens (including phenoxy) is 1. The largest absolute Gasteiger partial charge is 0.491 e. The Balaban J connectivity index is 1.98. The van der Waals surface area contributed by atoms with Crippen LogP contribution >= 0.6 is 0 Å². The van der Waals surface area contributed by atoms with Crippen LogP contribution in [-0.4, -0.2) is 29.6 Å². The van der Waals surface area contributed by atoms with Crippen LogP contribution in [-0.2, 0) is 6.54 Å². The summed E-state index contributed by atoms with van der Waals surface area (Å²) in [5.41, 5.74) is 7.33. The van der Waals surface area contributed by atoms with Crippen LogP contribution in [0.1, 0.15) is 39.2 Å². The number of rotatable bonds is 4. The van der Waals surface area contributed by atoms with E-state index >= 15 is 0 Å². The molecule has 2 N–H and O–H groups in total. The molecule has 19 heavy (non-hydrogen) atoms. The molecule has 3 heteroatoms. The number of benzene rings is 1. The maximum atomic E-state index is 6.01. The van der Waals surface area contributed by atoms with Crippen LogP contribution in [0.4, 0.5) is 0 Å². The molecule has 2 atom stereocenters. The normalized spacial score (nSPS) is 24.7. The standard InChI is InChI=1S/C16H26N2O/c1-12(2)19-16-6-4-5-14(10-16)11-18-8-7-15(17)9-13(18)3/h4-6,10,12-13,15H,7-9,11,17H2,1-3H3. The lowest BCUT2D eigenvalue weighted by Crippen LogP contribution is -2.44. The number of piperidine rings is 1. The van der Waals surface area contributed by atoms with E-state index in [2.05, 4.69) is 43.9 Å². The van der Waals surface area contributed by atoms with Gasteiger partial charge in [0.05, 0.1) is 6.10 Å². The summed E-state index contributed by atoms with van der Waals surface area (Å²) in [7, 11) is 0. The molecule has 0 radical (unpaired) electrons. The molecule has 1 aromatic carbocycles. The molecule has 0 amide bonds. The Bertz CT molecular complexity index is 405. The van der Waals surface area contributed by atoms with Crippen LogP contribution in [0.5, 0.6) is 5.75 Å². The lowest BCUT2D eigenvalue weighted by Gasteiger charge is -2.36. The van der Waals surface area contributed by atoms with E-state index < -0.39 is 0 Å². The van der Waals surface area contributed by atoms with Gasteiger partial charge in [0.15, 0.2) is 0 Å². The van der Waals surface area contributed by atoms with Gasteiger partial charge in [0.2, 0.25) is 0 Å². The molecule has 0 saturated carbocycles. The minimum absolute atomic E-state index is 0.224. The second-order valence-electron chi connectivity index (χ2n) is 5.92. The topological polar surface area (TPSA) is 38.5 Å². The van der Waals surface area contributed by atoms with Crippen molar-refractivity contribution >= 4 is 0 Å². The van der Waals surface area contributed by atoms with Crippen molar-refractivity contribution in [1.29, 1.82) is 0 Å². The SMILES string of the molecule is CC(C)Oc1cccc(CN2CCC(N)CC2C)c1. The van der Waals surface area contributed by atoms with E-state index in [1.165, 1.54) is 5.56 Å². The fourth-order valence-corrected chi connectivity index (χ4v) is 2.72. The molecule has 0 aliphatic carbocycles. The highest BCUT2D eigenvalue weighted by Crippen LogP contribution is 2.21. The quantitative estimate of drug-likeness (QED) is 0.907. The van der Waals surface area contributed by atoms with E-state index in [-0.39, 0.29) is 6.10 Å². The smallest absolute Gasteiger partial charge is 0.120 e. The lowest BCUT2D eigenvalue weighted by molar-refractivity contribution is 0.139. The van der Waals surface area contributed by atoms with Gasteiger partial charge in [-0.05, 0) is 51.3 Å². The van der Waals surface area contributed by atoms with Gasteiger partial charge in [0.25, 0.3) is 0 Å². The van der Waals surface area contributed by atoms with Crippen molar-refractivity contribution in [3.05, 3.63) is 29.8 Å². The molecule has 3 nitrogen and oxygen atoms in total. The highest BCUT2D eigenvalue weighted by molar-refractivity contribution is 5.28. The Morgan fingerprint density at radius 3 is 2.89 bits per heavy atom. The Morgan fingerprint density at radius 2 is 2.21 bits per heavy atom. The second kappa shape index (κ2) is 6.40. The van der Waals surface area contributed by atoms with Gasteiger partial charge in [-0.2, -0.15) is 0 Å². The monoisotopic (exact) mass is 262 g/mol. The predicted molar refractivity (Wildman–Crippen MR) is 79.3 cm³/mol. The predicted octanol–water partition coefficient (Wildman–Crippen LogP) is 2.79. The minimum Gasteiger partial charge on any atom is -0.491 e. The van der Waals surface area contributed by atoms with E-state index in [9.17, 15) is 0 Å². The van der Waals surface area contributed by atoms with Crippen LogP contribution in [0.15, 0.2) is 24.3 Å². The molecule has 1 fully saturated rings. The average Bonchev–Trinajstić information content (AvgIpc) is 2.32. The molecule has 0 aromatic heterocycles. The van der Waals surface area contributed by atoms with E-state index in [1.807, 2.05) is 6.07 Å². The Morgan fingerprint density at radius 1 is 1.42 bits per heavy atom. The first kappa shape index (κ1) is 14.4. The highest BCUT2D eigenvalue weighted by atomic mass is 16.5. The van der Waals surface area contributed by atoms with Crippen molar-refractivity contribution in [1.82, 2.24) is 4.90 Å². The molecule has 0 spiro atoms. The molecule has 2 unspecified atom stereocenters. The maximum absolute atomic E-state index is 6.01. The van der Waals surface area contributed by atoms with Gasteiger partial charge in [-0.15, -0.1) is 0 Å². The third-order valence-electron chi connectivity index (χ3n) is 3.71. The summed E-state index contributed by atoms with van der Waals surface area (Å²) < 4.78 is 5.75. The van der Waals surface area contributed by atoms with Crippen molar-refractivity contribution < 1.29 is 4.74 Å². The second-order valence-corrected chi connectivity index (χ2v) is 5.92. The van der Waals surface area contributed by atoms with Crippen LogP contribution in [0, 0.1) is 0 Å². The minimum atomic E-state index is 0.224. The summed E-state index contributed by atoms with van der Waals surface area (Å²) >= 11 is 0. The zero-order chi connectivity index (χ0) is 13.8. The summed E-state index contributed by atoms with van der Waals surface area (Å²) in [5, 5.41) is 0. The molecular weight excluding hydrogens is 236 g/mol. The molecule has 2 rings (SSSR count). The number of hydrogen-bond donors (Lipinski definition) is 1. The van der Waals surface area contributed by atoms with Crippen LogP contribution in [0.3, 0.4) is 0 Å². The summed E-state index contributed by atoms with van der Waals surface area (Å²) in [4.78, 5) is 2.51. The molecule has 0 bridgehead atoms. The van der Waals surface area contributed by atoms with Crippen molar-refractivity contribution in [2.45, 2.75) is 58.3 Å². The fourth-order valence-electron chi connectivity index (χ4n) is 2.72. The zero-order valence-electron chi connectivity index (χ0n) is 12.3. The van der Waals surface area contributed by atoms with Crippen molar-refractivity contribution in [3.8, 4) is 5.75 Å². The van der Waals surface area contributed by atoms with E-state index in [0.29, 0.717) is 12.1 Å². The summed E-state index contributed by atoms with van der Waals surface area (Å²) in [6, 6.07) is 9.38. The fraction of sp³-hybridized carbons (Fsp3) is 0.625. The zero-order valence-corrected chi connectivity index (χ0v) is 12.3. The van der Waals surface area contributed by atoms with Crippen LogP contribution in [0.2, 0.25) is 0 Å². The van der Waals surface area contributed by atoms with Gasteiger partial charge in [-0.25, -0.2) is 0 Å². The number of nitrogens with two attached hydrogens (primary N) is 1. The third kappa shape index (κ3) is 4.22.